The zero-order valence-corrected chi connectivity index (χ0v) is 13.8. The Morgan fingerprint density at radius 3 is 2.43 bits per heavy atom. The lowest BCUT2D eigenvalue weighted by Crippen LogP contribution is -2.14. The molecule has 4 heteroatoms. The van der Waals surface area contributed by atoms with E-state index in [-0.39, 0.29) is 0 Å². The third kappa shape index (κ3) is 3.96. The van der Waals surface area contributed by atoms with Crippen LogP contribution in [0.5, 0.6) is 0 Å². The summed E-state index contributed by atoms with van der Waals surface area (Å²) in [4.78, 5) is 0.304. The molecule has 0 saturated heterocycles. The van der Waals surface area contributed by atoms with Crippen molar-refractivity contribution in [3.63, 3.8) is 0 Å². The van der Waals surface area contributed by atoms with Gasteiger partial charge in [0, 0.05) is 12.2 Å². The summed E-state index contributed by atoms with van der Waals surface area (Å²) in [6.45, 7) is 5.08. The lowest BCUT2D eigenvalue weighted by atomic mass is 10.0. The van der Waals surface area contributed by atoms with Crippen molar-refractivity contribution in [3.8, 4) is 0 Å². The molecule has 0 aliphatic carbocycles. The minimum Gasteiger partial charge on any atom is -0.389 e. The fraction of sp³-hybridized carbons (Fsp3) is 0.235. The van der Waals surface area contributed by atoms with Crippen LogP contribution in [-0.4, -0.2) is 4.99 Å². The van der Waals surface area contributed by atoms with Gasteiger partial charge in [-0.3, -0.25) is 0 Å². The van der Waals surface area contributed by atoms with Crippen molar-refractivity contribution in [2.24, 2.45) is 5.73 Å². The molecule has 0 bridgehead atoms. The Balaban J connectivity index is 2.13. The number of benzene rings is 2. The Morgan fingerprint density at radius 2 is 1.86 bits per heavy atom. The first-order chi connectivity index (χ1) is 9.99. The number of nitrogens with two attached hydrogens (primary N) is 1. The van der Waals surface area contributed by atoms with Crippen molar-refractivity contribution in [1.29, 1.82) is 0 Å². The average molecular weight is 319 g/mol. The fourth-order valence-corrected chi connectivity index (χ4v) is 2.69. The molecule has 0 aromatic heterocycles. The number of hydrogen-bond donors (Lipinski definition) is 2. The zero-order chi connectivity index (χ0) is 15.4. The molecule has 21 heavy (non-hydrogen) atoms. The number of anilines is 1. The molecule has 0 heterocycles. The third-order valence-corrected chi connectivity index (χ3v) is 3.91. The van der Waals surface area contributed by atoms with Gasteiger partial charge >= 0.3 is 0 Å². The van der Waals surface area contributed by atoms with Crippen molar-refractivity contribution in [1.82, 2.24) is 0 Å². The average Bonchev–Trinajstić information content (AvgIpc) is 2.45. The maximum atomic E-state index is 6.15. The summed E-state index contributed by atoms with van der Waals surface area (Å²) >= 11 is 11.2. The Labute approximate surface area is 136 Å². The number of halogens is 1. The number of hydrogen-bond acceptors (Lipinski definition) is 2. The van der Waals surface area contributed by atoms with E-state index in [4.69, 9.17) is 29.6 Å². The second-order valence-corrected chi connectivity index (χ2v) is 6.12. The molecule has 0 aliphatic rings. The standard InChI is InChI=1S/C17H19ClN2S/c1-11(2)13-8-6-12(7-9-13)10-20-15-5-3-4-14(18)16(15)17(19)21/h3-9,11,20H,10H2,1-2H3,(H2,19,21). The van der Waals surface area contributed by atoms with Gasteiger partial charge in [0.15, 0.2) is 0 Å². The minimum atomic E-state index is 0.304. The van der Waals surface area contributed by atoms with Crippen LogP contribution in [0.4, 0.5) is 5.69 Å². The highest BCUT2D eigenvalue weighted by Crippen LogP contribution is 2.25. The van der Waals surface area contributed by atoms with Gasteiger partial charge in [-0.1, -0.05) is 68.0 Å². The van der Waals surface area contributed by atoms with Gasteiger partial charge in [0.2, 0.25) is 0 Å². The van der Waals surface area contributed by atoms with Crippen molar-refractivity contribution in [2.45, 2.75) is 26.3 Å². The molecule has 3 N–H and O–H groups in total. The quantitative estimate of drug-likeness (QED) is 0.784. The largest absolute Gasteiger partial charge is 0.389 e. The normalized spacial score (nSPS) is 10.7. The highest BCUT2D eigenvalue weighted by atomic mass is 35.5. The van der Waals surface area contributed by atoms with Crippen LogP contribution in [0.1, 0.15) is 36.5 Å². The minimum absolute atomic E-state index is 0.304. The SMILES string of the molecule is CC(C)c1ccc(CNc2cccc(Cl)c2C(N)=S)cc1. The monoisotopic (exact) mass is 318 g/mol. The van der Waals surface area contributed by atoms with Gasteiger partial charge in [0.25, 0.3) is 0 Å². The van der Waals surface area contributed by atoms with Gasteiger partial charge < -0.3 is 11.1 Å². The Morgan fingerprint density at radius 1 is 1.19 bits per heavy atom. The summed E-state index contributed by atoms with van der Waals surface area (Å²) in [5.41, 5.74) is 9.85. The van der Waals surface area contributed by atoms with Gasteiger partial charge in [0.1, 0.15) is 4.99 Å². The molecule has 0 aliphatic heterocycles. The lowest BCUT2D eigenvalue weighted by Gasteiger charge is -2.13. The lowest BCUT2D eigenvalue weighted by molar-refractivity contribution is 0.865. The van der Waals surface area contributed by atoms with Crippen molar-refractivity contribution < 1.29 is 0 Å². The Hall–Kier alpha value is -1.58. The molecule has 0 amide bonds. The third-order valence-electron chi connectivity index (χ3n) is 3.39. The number of rotatable bonds is 5. The van der Waals surface area contributed by atoms with E-state index in [1.807, 2.05) is 12.1 Å². The topological polar surface area (TPSA) is 38.0 Å². The summed E-state index contributed by atoms with van der Waals surface area (Å²) in [6, 6.07) is 14.2. The maximum absolute atomic E-state index is 6.15. The first-order valence-corrected chi connectivity index (χ1v) is 7.68. The highest BCUT2D eigenvalue weighted by molar-refractivity contribution is 7.80. The number of nitrogens with one attached hydrogen (secondary N) is 1. The molecule has 110 valence electrons. The Kier molecular flexibility index (Phi) is 5.21. The van der Waals surface area contributed by atoms with Gasteiger partial charge in [-0.25, -0.2) is 0 Å². The zero-order valence-electron chi connectivity index (χ0n) is 12.2. The van der Waals surface area contributed by atoms with Crippen molar-refractivity contribution in [2.75, 3.05) is 5.32 Å². The molecule has 2 aromatic rings. The van der Waals surface area contributed by atoms with Crippen molar-refractivity contribution in [3.05, 3.63) is 64.2 Å². The van der Waals surface area contributed by atoms with Gasteiger partial charge in [0.05, 0.1) is 10.6 Å². The van der Waals surface area contributed by atoms with Crippen molar-refractivity contribution >= 4 is 34.5 Å². The molecule has 2 nitrogen and oxygen atoms in total. The fourth-order valence-electron chi connectivity index (χ4n) is 2.14. The number of thiocarbonyl (C=S) groups is 1. The van der Waals surface area contributed by atoms with Gasteiger partial charge in [-0.15, -0.1) is 0 Å². The molecular formula is C17H19ClN2S. The second kappa shape index (κ2) is 6.92. The van der Waals surface area contributed by atoms with Crippen LogP contribution in [0, 0.1) is 0 Å². The van der Waals surface area contributed by atoms with Crippen LogP contribution >= 0.6 is 23.8 Å². The molecule has 0 fully saturated rings. The first kappa shape index (κ1) is 15.8. The van der Waals surface area contributed by atoms with E-state index in [0.717, 1.165) is 5.69 Å². The molecule has 0 spiro atoms. The van der Waals surface area contributed by atoms with E-state index in [0.29, 0.717) is 28.0 Å². The predicted molar refractivity (Wildman–Crippen MR) is 95.2 cm³/mol. The van der Waals surface area contributed by atoms with Gasteiger partial charge in [-0.05, 0) is 29.2 Å². The van der Waals surface area contributed by atoms with E-state index in [1.165, 1.54) is 11.1 Å². The van der Waals surface area contributed by atoms with Crippen LogP contribution in [-0.2, 0) is 6.54 Å². The van der Waals surface area contributed by atoms with E-state index in [9.17, 15) is 0 Å². The van der Waals surface area contributed by atoms with E-state index < -0.39 is 0 Å². The van der Waals surface area contributed by atoms with Crippen LogP contribution in [0.25, 0.3) is 0 Å². The van der Waals surface area contributed by atoms with Crippen LogP contribution < -0.4 is 11.1 Å². The van der Waals surface area contributed by atoms with E-state index in [2.05, 4.69) is 43.4 Å². The van der Waals surface area contributed by atoms with E-state index in [1.54, 1.807) is 6.07 Å². The van der Waals surface area contributed by atoms with E-state index >= 15 is 0 Å². The predicted octanol–water partition coefficient (Wildman–Crippen LogP) is 4.71. The molecular weight excluding hydrogens is 300 g/mol. The van der Waals surface area contributed by atoms with Crippen LogP contribution in [0.2, 0.25) is 5.02 Å². The van der Waals surface area contributed by atoms with Crippen LogP contribution in [0.15, 0.2) is 42.5 Å². The highest BCUT2D eigenvalue weighted by Gasteiger charge is 2.09. The van der Waals surface area contributed by atoms with Crippen LogP contribution in [0.3, 0.4) is 0 Å². The molecule has 0 unspecified atom stereocenters. The Bertz CT molecular complexity index is 636. The molecule has 0 radical (unpaired) electrons. The summed E-state index contributed by atoms with van der Waals surface area (Å²) in [5.74, 6) is 0.543. The molecule has 0 saturated carbocycles. The summed E-state index contributed by atoms with van der Waals surface area (Å²) in [7, 11) is 0. The molecule has 2 rings (SSSR count). The second-order valence-electron chi connectivity index (χ2n) is 5.28. The summed E-state index contributed by atoms with van der Waals surface area (Å²) in [5, 5.41) is 3.92. The molecule has 0 atom stereocenters. The molecule has 2 aromatic carbocycles. The summed E-state index contributed by atoms with van der Waals surface area (Å²) < 4.78 is 0. The smallest absolute Gasteiger partial charge is 0.107 e. The first-order valence-electron chi connectivity index (χ1n) is 6.90. The van der Waals surface area contributed by atoms with Gasteiger partial charge in [-0.2, -0.15) is 0 Å². The maximum Gasteiger partial charge on any atom is 0.107 e. The summed E-state index contributed by atoms with van der Waals surface area (Å²) in [6.07, 6.45) is 0.